The number of rotatable bonds is 1. The van der Waals surface area contributed by atoms with E-state index in [9.17, 15) is 0 Å². The molecule has 4 nitrogen and oxygen atoms in total. The van der Waals surface area contributed by atoms with E-state index in [-0.39, 0.29) is 0 Å². The Morgan fingerprint density at radius 3 is 2.21 bits per heavy atom. The molecule has 5 heteroatoms. The van der Waals surface area contributed by atoms with Crippen LogP contribution in [0.3, 0.4) is 0 Å². The predicted octanol–water partition coefficient (Wildman–Crippen LogP) is -0.0196. The maximum absolute atomic E-state index is 5.49. The van der Waals surface area contributed by atoms with Gasteiger partial charge in [0, 0.05) is 6.54 Å². The van der Waals surface area contributed by atoms with E-state index in [0.717, 1.165) is 38.1 Å². The van der Waals surface area contributed by atoms with Gasteiger partial charge >= 0.3 is 0 Å². The SMILES string of the molecule is CCNC(=S)N1C2COCC1COC2. The van der Waals surface area contributed by atoms with E-state index in [0.29, 0.717) is 12.1 Å². The van der Waals surface area contributed by atoms with Gasteiger partial charge in [-0.2, -0.15) is 0 Å². The summed E-state index contributed by atoms with van der Waals surface area (Å²) in [7, 11) is 0. The van der Waals surface area contributed by atoms with E-state index >= 15 is 0 Å². The van der Waals surface area contributed by atoms with E-state index < -0.39 is 0 Å². The predicted molar refractivity (Wildman–Crippen MR) is 57.3 cm³/mol. The van der Waals surface area contributed by atoms with Crippen molar-refractivity contribution in [1.82, 2.24) is 10.2 Å². The molecule has 2 fully saturated rings. The minimum absolute atomic E-state index is 0.300. The minimum atomic E-state index is 0.300. The Labute approximate surface area is 89.5 Å². The number of nitrogens with one attached hydrogen (secondary N) is 1. The molecule has 0 unspecified atom stereocenters. The summed E-state index contributed by atoms with van der Waals surface area (Å²) >= 11 is 5.33. The van der Waals surface area contributed by atoms with E-state index in [2.05, 4.69) is 17.1 Å². The van der Waals surface area contributed by atoms with E-state index in [1.165, 1.54) is 0 Å². The van der Waals surface area contributed by atoms with Gasteiger partial charge in [0.1, 0.15) is 0 Å². The first kappa shape index (κ1) is 10.1. The van der Waals surface area contributed by atoms with Crippen LogP contribution in [-0.2, 0) is 9.47 Å². The molecule has 2 bridgehead atoms. The fourth-order valence-corrected chi connectivity index (χ4v) is 2.41. The molecule has 2 saturated heterocycles. The quantitative estimate of drug-likeness (QED) is 0.623. The number of hydrogen-bond acceptors (Lipinski definition) is 3. The van der Waals surface area contributed by atoms with Gasteiger partial charge in [0.05, 0.1) is 38.5 Å². The summed E-state index contributed by atoms with van der Waals surface area (Å²) < 4.78 is 11.0. The highest BCUT2D eigenvalue weighted by Crippen LogP contribution is 2.19. The summed E-state index contributed by atoms with van der Waals surface area (Å²) in [6, 6.07) is 0.600. The van der Waals surface area contributed by atoms with Crippen molar-refractivity contribution in [2.75, 3.05) is 33.0 Å². The zero-order valence-corrected chi connectivity index (χ0v) is 9.18. The van der Waals surface area contributed by atoms with E-state index in [4.69, 9.17) is 21.7 Å². The van der Waals surface area contributed by atoms with Crippen LogP contribution in [0.2, 0.25) is 0 Å². The molecule has 0 spiro atoms. The summed E-state index contributed by atoms with van der Waals surface area (Å²) in [4.78, 5) is 2.24. The largest absolute Gasteiger partial charge is 0.377 e. The molecule has 1 N–H and O–H groups in total. The highest BCUT2D eigenvalue weighted by atomic mass is 32.1. The van der Waals surface area contributed by atoms with Crippen molar-refractivity contribution >= 4 is 17.3 Å². The van der Waals surface area contributed by atoms with Gasteiger partial charge in [-0.25, -0.2) is 0 Å². The zero-order chi connectivity index (χ0) is 9.97. The molecule has 2 aliphatic heterocycles. The van der Waals surface area contributed by atoms with Crippen molar-refractivity contribution in [3.05, 3.63) is 0 Å². The first-order valence-corrected chi connectivity index (χ1v) is 5.45. The molecule has 0 saturated carbocycles. The average Bonchev–Trinajstić information content (AvgIpc) is 2.17. The second-order valence-electron chi connectivity index (χ2n) is 3.63. The molecular weight excluding hydrogens is 200 g/mol. The van der Waals surface area contributed by atoms with Crippen molar-refractivity contribution in [3.63, 3.8) is 0 Å². The number of morpholine rings is 2. The smallest absolute Gasteiger partial charge is 0.169 e. The van der Waals surface area contributed by atoms with Gasteiger partial charge in [-0.15, -0.1) is 0 Å². The first-order valence-electron chi connectivity index (χ1n) is 5.04. The monoisotopic (exact) mass is 216 g/mol. The average molecular weight is 216 g/mol. The third-order valence-corrected chi connectivity index (χ3v) is 2.95. The normalized spacial score (nSPS) is 31.4. The number of fused-ring (bicyclic) bond motifs is 2. The number of thiocarbonyl (C=S) groups is 1. The lowest BCUT2D eigenvalue weighted by atomic mass is 10.1. The number of nitrogens with zero attached hydrogens (tertiary/aromatic N) is 1. The Hall–Kier alpha value is -0.390. The lowest BCUT2D eigenvalue weighted by Gasteiger charge is -2.46. The maximum Gasteiger partial charge on any atom is 0.169 e. The molecule has 0 amide bonds. The van der Waals surface area contributed by atoms with Crippen LogP contribution in [0.15, 0.2) is 0 Å². The molecule has 80 valence electrons. The molecule has 0 aromatic heterocycles. The van der Waals surface area contributed by atoms with Gasteiger partial charge in [0.2, 0.25) is 0 Å². The van der Waals surface area contributed by atoms with Crippen LogP contribution in [-0.4, -0.2) is 55.1 Å². The van der Waals surface area contributed by atoms with Crippen LogP contribution in [0, 0.1) is 0 Å². The van der Waals surface area contributed by atoms with Crippen LogP contribution < -0.4 is 5.32 Å². The lowest BCUT2D eigenvalue weighted by molar-refractivity contribution is -0.109. The third kappa shape index (κ3) is 1.85. The van der Waals surface area contributed by atoms with Gasteiger partial charge < -0.3 is 19.7 Å². The van der Waals surface area contributed by atoms with Crippen molar-refractivity contribution < 1.29 is 9.47 Å². The molecule has 0 radical (unpaired) electrons. The Balaban J connectivity index is 2.04. The molecule has 14 heavy (non-hydrogen) atoms. The molecule has 0 atom stereocenters. The van der Waals surface area contributed by atoms with Crippen molar-refractivity contribution in [2.45, 2.75) is 19.0 Å². The number of hydrogen-bond donors (Lipinski definition) is 1. The molecule has 0 aromatic carbocycles. The molecule has 2 rings (SSSR count). The highest BCUT2D eigenvalue weighted by Gasteiger charge is 2.36. The Kier molecular flexibility index (Phi) is 3.20. The molecular formula is C9H16N2O2S. The van der Waals surface area contributed by atoms with Crippen LogP contribution in [0.5, 0.6) is 0 Å². The summed E-state index contributed by atoms with van der Waals surface area (Å²) in [6.45, 7) is 5.82. The summed E-state index contributed by atoms with van der Waals surface area (Å²) in [5.41, 5.74) is 0. The zero-order valence-electron chi connectivity index (χ0n) is 8.36. The first-order chi connectivity index (χ1) is 6.83. The number of ether oxygens (including phenoxy) is 2. The standard InChI is InChI=1S/C9H16N2O2S/c1-2-10-9(14)11-7-3-12-5-8(11)6-13-4-7/h7-8H,2-6H2,1H3,(H,10,14). The Morgan fingerprint density at radius 2 is 1.79 bits per heavy atom. The minimum Gasteiger partial charge on any atom is -0.377 e. The van der Waals surface area contributed by atoms with Crippen LogP contribution in [0.4, 0.5) is 0 Å². The second kappa shape index (κ2) is 4.42. The second-order valence-corrected chi connectivity index (χ2v) is 4.01. The summed E-state index contributed by atoms with van der Waals surface area (Å²) in [5.74, 6) is 0. The van der Waals surface area contributed by atoms with Gasteiger partial charge in [-0.05, 0) is 19.1 Å². The van der Waals surface area contributed by atoms with Crippen molar-refractivity contribution in [1.29, 1.82) is 0 Å². The molecule has 2 heterocycles. The third-order valence-electron chi connectivity index (χ3n) is 2.59. The van der Waals surface area contributed by atoms with E-state index in [1.54, 1.807) is 0 Å². The van der Waals surface area contributed by atoms with Crippen molar-refractivity contribution in [2.24, 2.45) is 0 Å². The molecule has 0 aromatic rings. The molecule has 2 aliphatic rings. The van der Waals surface area contributed by atoms with Gasteiger partial charge in [-0.3, -0.25) is 0 Å². The van der Waals surface area contributed by atoms with E-state index in [1.807, 2.05) is 0 Å². The summed E-state index contributed by atoms with van der Waals surface area (Å²) in [5, 5.41) is 4.03. The highest BCUT2D eigenvalue weighted by molar-refractivity contribution is 7.80. The van der Waals surface area contributed by atoms with Crippen molar-refractivity contribution in [3.8, 4) is 0 Å². The Bertz CT molecular complexity index is 203. The maximum atomic E-state index is 5.49. The molecule has 0 aliphatic carbocycles. The van der Waals surface area contributed by atoms with Crippen LogP contribution in [0.1, 0.15) is 6.92 Å². The lowest BCUT2D eigenvalue weighted by Crippen LogP contribution is -2.63. The Morgan fingerprint density at radius 1 is 1.29 bits per heavy atom. The topological polar surface area (TPSA) is 33.7 Å². The van der Waals surface area contributed by atoms with Crippen LogP contribution >= 0.6 is 12.2 Å². The van der Waals surface area contributed by atoms with Gasteiger partial charge in [0.15, 0.2) is 5.11 Å². The van der Waals surface area contributed by atoms with Gasteiger partial charge in [0.25, 0.3) is 0 Å². The summed E-state index contributed by atoms with van der Waals surface area (Å²) in [6.07, 6.45) is 0. The van der Waals surface area contributed by atoms with Crippen LogP contribution in [0.25, 0.3) is 0 Å². The fraction of sp³-hybridized carbons (Fsp3) is 0.889. The fourth-order valence-electron chi connectivity index (χ4n) is 1.97. The van der Waals surface area contributed by atoms with Gasteiger partial charge in [-0.1, -0.05) is 0 Å².